The molecule has 2 aromatic rings. The third-order valence-electron chi connectivity index (χ3n) is 2.85. The summed E-state index contributed by atoms with van der Waals surface area (Å²) in [6.07, 6.45) is 0. The van der Waals surface area contributed by atoms with Gasteiger partial charge in [-0.05, 0) is 44.5 Å². The Balaban J connectivity index is 2.69. The molecule has 0 aliphatic heterocycles. The minimum absolute atomic E-state index is 0.210. The molecule has 108 valence electrons. The zero-order valence-corrected chi connectivity index (χ0v) is 12.1. The molecule has 2 rings (SSSR count). The maximum Gasteiger partial charge on any atom is 0.273 e. The zero-order chi connectivity index (χ0) is 15.1. The summed E-state index contributed by atoms with van der Waals surface area (Å²) in [5.74, 6) is 0.00292. The van der Waals surface area contributed by atoms with Crippen molar-refractivity contribution in [2.45, 2.75) is 32.0 Å². The third kappa shape index (κ3) is 2.56. The van der Waals surface area contributed by atoms with Gasteiger partial charge in [-0.15, -0.1) is 10.2 Å². The van der Waals surface area contributed by atoms with Crippen molar-refractivity contribution in [1.29, 1.82) is 0 Å². The van der Waals surface area contributed by atoms with Crippen molar-refractivity contribution in [3.8, 4) is 11.4 Å². The van der Waals surface area contributed by atoms with Crippen LogP contribution in [-0.4, -0.2) is 23.2 Å². The summed E-state index contributed by atoms with van der Waals surface area (Å²) < 4.78 is 37.8. The lowest BCUT2D eigenvalue weighted by Gasteiger charge is -2.13. The summed E-state index contributed by atoms with van der Waals surface area (Å²) in [4.78, 5) is 0. The molecule has 0 atom stereocenters. The molecule has 0 fully saturated rings. The maximum absolute atomic E-state index is 13.3. The smallest absolute Gasteiger partial charge is 0.273 e. The van der Waals surface area contributed by atoms with Crippen molar-refractivity contribution in [1.82, 2.24) is 14.8 Å². The van der Waals surface area contributed by atoms with E-state index in [1.54, 1.807) is 26.8 Å². The van der Waals surface area contributed by atoms with Crippen molar-refractivity contribution >= 4 is 10.0 Å². The lowest BCUT2D eigenvalue weighted by molar-refractivity contribution is 0.524. The van der Waals surface area contributed by atoms with Gasteiger partial charge in [0.25, 0.3) is 15.2 Å². The molecule has 0 amide bonds. The summed E-state index contributed by atoms with van der Waals surface area (Å²) in [5.41, 5.74) is 1.03. The molecule has 1 heterocycles. The van der Waals surface area contributed by atoms with Gasteiger partial charge in [0, 0.05) is 11.6 Å². The number of rotatable bonds is 3. The summed E-state index contributed by atoms with van der Waals surface area (Å²) in [7, 11) is -3.97. The van der Waals surface area contributed by atoms with Crippen molar-refractivity contribution in [2.75, 3.05) is 0 Å². The van der Waals surface area contributed by atoms with E-state index in [0.717, 1.165) is 0 Å². The van der Waals surface area contributed by atoms with Crippen LogP contribution in [0.15, 0.2) is 23.4 Å². The van der Waals surface area contributed by atoms with Crippen LogP contribution in [0, 0.1) is 12.7 Å². The second-order valence-electron chi connectivity index (χ2n) is 4.78. The van der Waals surface area contributed by atoms with E-state index >= 15 is 0 Å². The molecule has 20 heavy (non-hydrogen) atoms. The molecule has 0 saturated carbocycles. The lowest BCUT2D eigenvalue weighted by atomic mass is 10.1. The summed E-state index contributed by atoms with van der Waals surface area (Å²) in [5, 5.41) is 12.3. The fraction of sp³-hybridized carbons (Fsp3) is 0.333. The van der Waals surface area contributed by atoms with Gasteiger partial charge < -0.3 is 0 Å². The van der Waals surface area contributed by atoms with Crippen LogP contribution in [0.3, 0.4) is 0 Å². The van der Waals surface area contributed by atoms with Gasteiger partial charge in [0.2, 0.25) is 0 Å². The van der Waals surface area contributed by atoms with Crippen molar-refractivity contribution < 1.29 is 12.8 Å². The number of aromatic nitrogens is 3. The number of hydrogen-bond donors (Lipinski definition) is 1. The van der Waals surface area contributed by atoms with Crippen molar-refractivity contribution in [3.05, 3.63) is 29.6 Å². The Kier molecular flexibility index (Phi) is 3.61. The van der Waals surface area contributed by atoms with E-state index in [9.17, 15) is 12.8 Å². The lowest BCUT2D eigenvalue weighted by Crippen LogP contribution is -2.20. The number of hydrogen-bond acceptors (Lipinski definition) is 4. The average Bonchev–Trinajstić information content (AvgIpc) is 2.77. The van der Waals surface area contributed by atoms with Gasteiger partial charge in [-0.2, -0.15) is 0 Å². The first-order valence-electron chi connectivity index (χ1n) is 5.96. The minimum atomic E-state index is -3.97. The van der Waals surface area contributed by atoms with Crippen LogP contribution in [0.2, 0.25) is 0 Å². The molecule has 0 saturated heterocycles. The van der Waals surface area contributed by atoms with Crippen LogP contribution >= 0.6 is 0 Å². The van der Waals surface area contributed by atoms with E-state index in [2.05, 4.69) is 10.2 Å². The Bertz CT molecular complexity index is 753. The van der Waals surface area contributed by atoms with Gasteiger partial charge in [-0.1, -0.05) is 0 Å². The zero-order valence-electron chi connectivity index (χ0n) is 11.3. The fourth-order valence-corrected chi connectivity index (χ4v) is 2.64. The summed E-state index contributed by atoms with van der Waals surface area (Å²) in [6.45, 7) is 5.20. The molecule has 6 nitrogen and oxygen atoms in total. The van der Waals surface area contributed by atoms with E-state index in [1.165, 1.54) is 16.7 Å². The third-order valence-corrected chi connectivity index (χ3v) is 3.64. The molecule has 0 aliphatic carbocycles. The van der Waals surface area contributed by atoms with Crippen LogP contribution in [0.4, 0.5) is 4.39 Å². The number of aryl methyl sites for hydroxylation is 1. The van der Waals surface area contributed by atoms with Gasteiger partial charge in [0.15, 0.2) is 5.82 Å². The SMILES string of the molecule is Cc1cc(-c2nnc(S(N)(=O)=O)n2C(C)C)ccc1F. The first-order chi connectivity index (χ1) is 9.21. The standard InChI is InChI=1S/C12H15FN4O2S/c1-7(2)17-11(15-16-12(17)20(14,18)19)9-4-5-10(13)8(3)6-9/h4-7H,1-3H3,(H2,14,18,19). The van der Waals surface area contributed by atoms with Crippen LogP contribution in [-0.2, 0) is 10.0 Å². The molecule has 2 N–H and O–H groups in total. The minimum Gasteiger partial charge on any atom is -0.294 e. The van der Waals surface area contributed by atoms with Gasteiger partial charge >= 0.3 is 0 Å². The average molecular weight is 298 g/mol. The first-order valence-corrected chi connectivity index (χ1v) is 7.50. The summed E-state index contributed by atoms with van der Waals surface area (Å²) in [6, 6.07) is 4.21. The largest absolute Gasteiger partial charge is 0.294 e. The van der Waals surface area contributed by atoms with Gasteiger partial charge in [-0.25, -0.2) is 17.9 Å². The van der Waals surface area contributed by atoms with E-state index in [0.29, 0.717) is 17.0 Å². The van der Waals surface area contributed by atoms with Crippen LogP contribution in [0.25, 0.3) is 11.4 Å². The monoisotopic (exact) mass is 298 g/mol. The highest BCUT2D eigenvalue weighted by atomic mass is 32.2. The molecule has 0 aliphatic rings. The molecule has 1 aromatic heterocycles. The summed E-state index contributed by atoms with van der Waals surface area (Å²) >= 11 is 0. The second kappa shape index (κ2) is 4.95. The quantitative estimate of drug-likeness (QED) is 0.932. The van der Waals surface area contributed by atoms with E-state index in [1.807, 2.05) is 0 Å². The number of nitrogens with zero attached hydrogens (tertiary/aromatic N) is 3. The number of nitrogens with two attached hydrogens (primary N) is 1. The van der Waals surface area contributed by atoms with Crippen LogP contribution in [0.5, 0.6) is 0 Å². The number of halogens is 1. The van der Waals surface area contributed by atoms with E-state index in [4.69, 9.17) is 5.14 Å². The molecular formula is C12H15FN4O2S. The van der Waals surface area contributed by atoms with Crippen LogP contribution < -0.4 is 5.14 Å². The predicted molar refractivity (Wildman–Crippen MR) is 71.9 cm³/mol. The number of primary sulfonamides is 1. The Labute approximate surface area is 116 Å². The number of sulfonamides is 1. The van der Waals surface area contributed by atoms with Crippen molar-refractivity contribution in [3.63, 3.8) is 0 Å². The fourth-order valence-electron chi connectivity index (χ4n) is 1.92. The molecule has 0 bridgehead atoms. The number of benzene rings is 1. The first kappa shape index (κ1) is 14.6. The Morgan fingerprint density at radius 1 is 1.30 bits per heavy atom. The van der Waals surface area contributed by atoms with Gasteiger partial charge in [-0.3, -0.25) is 4.57 Å². The van der Waals surface area contributed by atoms with Crippen molar-refractivity contribution in [2.24, 2.45) is 5.14 Å². The van der Waals surface area contributed by atoms with Crippen LogP contribution in [0.1, 0.15) is 25.5 Å². The molecule has 1 aromatic carbocycles. The van der Waals surface area contributed by atoms with E-state index < -0.39 is 10.0 Å². The second-order valence-corrected chi connectivity index (χ2v) is 6.23. The highest BCUT2D eigenvalue weighted by Crippen LogP contribution is 2.25. The van der Waals surface area contributed by atoms with Gasteiger partial charge in [0.05, 0.1) is 0 Å². The Morgan fingerprint density at radius 3 is 2.45 bits per heavy atom. The highest BCUT2D eigenvalue weighted by molar-refractivity contribution is 7.89. The topological polar surface area (TPSA) is 90.9 Å². The normalized spacial score (nSPS) is 12.1. The Hall–Kier alpha value is -1.80. The highest BCUT2D eigenvalue weighted by Gasteiger charge is 2.23. The molecular weight excluding hydrogens is 283 g/mol. The van der Waals surface area contributed by atoms with E-state index in [-0.39, 0.29) is 17.0 Å². The molecule has 0 spiro atoms. The molecule has 0 unspecified atom stereocenters. The molecule has 8 heteroatoms. The Morgan fingerprint density at radius 2 is 1.95 bits per heavy atom. The molecule has 0 radical (unpaired) electrons. The maximum atomic E-state index is 13.3. The van der Waals surface area contributed by atoms with Gasteiger partial charge in [0.1, 0.15) is 5.82 Å². The predicted octanol–water partition coefficient (Wildman–Crippen LogP) is 1.62.